The molecule has 1 N–H and O–H groups in total. The van der Waals surface area contributed by atoms with Crippen LogP contribution in [0.25, 0.3) is 11.6 Å². The van der Waals surface area contributed by atoms with Crippen molar-refractivity contribution in [3.63, 3.8) is 0 Å². The minimum Gasteiger partial charge on any atom is -0.372 e. The average molecular weight is 290 g/mol. The smallest absolute Gasteiger partial charge is 0.256 e. The van der Waals surface area contributed by atoms with Crippen LogP contribution in [-0.2, 0) is 4.79 Å². The van der Waals surface area contributed by atoms with Crippen molar-refractivity contribution in [3.8, 4) is 0 Å². The molecule has 0 radical (unpaired) electrons. The lowest BCUT2D eigenvalue weighted by atomic mass is 10.0. The van der Waals surface area contributed by atoms with Gasteiger partial charge in [0.25, 0.3) is 5.91 Å². The first kappa shape index (κ1) is 13.1. The van der Waals surface area contributed by atoms with E-state index in [9.17, 15) is 4.79 Å². The number of rotatable bonds is 2. The molecule has 1 fully saturated rings. The molecule has 0 saturated carbocycles. The Morgan fingerprint density at radius 1 is 0.955 bits per heavy atom. The summed E-state index contributed by atoms with van der Waals surface area (Å²) in [5, 5.41) is 2.91. The third-order valence-corrected chi connectivity index (χ3v) is 4.39. The van der Waals surface area contributed by atoms with E-state index >= 15 is 0 Å². The predicted octanol–water partition coefficient (Wildman–Crippen LogP) is 3.78. The van der Waals surface area contributed by atoms with Gasteiger partial charge in [-0.25, -0.2) is 0 Å². The van der Waals surface area contributed by atoms with Crippen LogP contribution in [0.15, 0.2) is 48.5 Å². The van der Waals surface area contributed by atoms with Gasteiger partial charge in [-0.2, -0.15) is 0 Å². The van der Waals surface area contributed by atoms with Crippen molar-refractivity contribution < 1.29 is 4.79 Å². The molecule has 2 aromatic rings. The lowest BCUT2D eigenvalue weighted by Crippen LogP contribution is -2.17. The molecule has 2 aliphatic heterocycles. The van der Waals surface area contributed by atoms with Crippen molar-refractivity contribution in [2.75, 3.05) is 23.3 Å². The Hall–Kier alpha value is -2.55. The fraction of sp³-hybridized carbons (Fsp3) is 0.211. The standard InChI is InChI=1S/C19H18N2O/c22-19-17(16-5-1-2-6-18(16)20-19)13-14-7-9-15(10-8-14)21-11-3-4-12-21/h1-2,5-10,13H,3-4,11-12H2,(H,20,22)/b17-13-. The minimum absolute atomic E-state index is 0.0233. The Morgan fingerprint density at radius 3 is 2.45 bits per heavy atom. The highest BCUT2D eigenvalue weighted by molar-refractivity contribution is 6.34. The van der Waals surface area contributed by atoms with E-state index < -0.39 is 0 Å². The third kappa shape index (κ3) is 2.29. The summed E-state index contributed by atoms with van der Waals surface area (Å²) in [6, 6.07) is 16.3. The molecule has 0 aromatic heterocycles. The zero-order valence-electron chi connectivity index (χ0n) is 12.4. The SMILES string of the molecule is O=C1Nc2ccccc2/C1=C/c1ccc(N2CCCC2)cc1. The van der Waals surface area contributed by atoms with E-state index in [0.717, 1.165) is 35.5 Å². The van der Waals surface area contributed by atoms with E-state index in [1.165, 1.54) is 18.5 Å². The minimum atomic E-state index is -0.0233. The second kappa shape index (κ2) is 5.34. The third-order valence-electron chi connectivity index (χ3n) is 4.39. The lowest BCUT2D eigenvalue weighted by Gasteiger charge is -2.17. The van der Waals surface area contributed by atoms with Crippen LogP contribution in [0.1, 0.15) is 24.0 Å². The van der Waals surface area contributed by atoms with Crippen molar-refractivity contribution in [2.24, 2.45) is 0 Å². The molecule has 0 aliphatic carbocycles. The topological polar surface area (TPSA) is 32.3 Å². The summed E-state index contributed by atoms with van der Waals surface area (Å²) in [5.41, 5.74) is 4.95. The summed E-state index contributed by atoms with van der Waals surface area (Å²) in [7, 11) is 0. The molecule has 22 heavy (non-hydrogen) atoms. The molecule has 110 valence electrons. The van der Waals surface area contributed by atoms with Crippen LogP contribution in [-0.4, -0.2) is 19.0 Å². The van der Waals surface area contributed by atoms with Crippen molar-refractivity contribution >= 4 is 28.9 Å². The van der Waals surface area contributed by atoms with Crippen LogP contribution < -0.4 is 10.2 Å². The molecule has 2 aromatic carbocycles. The Bertz CT molecular complexity index is 740. The molecule has 3 heteroatoms. The van der Waals surface area contributed by atoms with Crippen LogP contribution in [0.2, 0.25) is 0 Å². The highest BCUT2D eigenvalue weighted by Gasteiger charge is 2.23. The van der Waals surface area contributed by atoms with Gasteiger partial charge < -0.3 is 10.2 Å². The van der Waals surface area contributed by atoms with Crippen LogP contribution >= 0.6 is 0 Å². The number of nitrogens with zero attached hydrogens (tertiary/aromatic N) is 1. The maximum absolute atomic E-state index is 12.1. The van der Waals surface area contributed by atoms with Crippen LogP contribution in [0.5, 0.6) is 0 Å². The molecule has 2 aliphatic rings. The largest absolute Gasteiger partial charge is 0.372 e. The molecule has 0 atom stereocenters. The van der Waals surface area contributed by atoms with Gasteiger partial charge in [0.05, 0.1) is 0 Å². The normalized spacial score (nSPS) is 18.6. The molecule has 1 amide bonds. The number of benzene rings is 2. The number of amides is 1. The van der Waals surface area contributed by atoms with Gasteiger partial charge in [0, 0.05) is 35.6 Å². The Labute approximate surface area is 130 Å². The Kier molecular flexibility index (Phi) is 3.19. The summed E-state index contributed by atoms with van der Waals surface area (Å²) in [6.07, 6.45) is 4.53. The second-order valence-electron chi connectivity index (χ2n) is 5.84. The molecule has 0 unspecified atom stereocenters. The van der Waals surface area contributed by atoms with Gasteiger partial charge in [0.1, 0.15) is 0 Å². The van der Waals surface area contributed by atoms with E-state index in [4.69, 9.17) is 0 Å². The van der Waals surface area contributed by atoms with Gasteiger partial charge in [0.15, 0.2) is 0 Å². The maximum Gasteiger partial charge on any atom is 0.256 e. The van der Waals surface area contributed by atoms with E-state index in [1.54, 1.807) is 0 Å². The molecule has 4 rings (SSSR count). The van der Waals surface area contributed by atoms with Crippen LogP contribution in [0.3, 0.4) is 0 Å². The second-order valence-corrected chi connectivity index (χ2v) is 5.84. The van der Waals surface area contributed by atoms with Gasteiger partial charge in [-0.15, -0.1) is 0 Å². The number of nitrogens with one attached hydrogen (secondary N) is 1. The molecule has 3 nitrogen and oxygen atoms in total. The van der Waals surface area contributed by atoms with Crippen molar-refractivity contribution in [2.45, 2.75) is 12.8 Å². The van der Waals surface area contributed by atoms with Gasteiger partial charge in [-0.1, -0.05) is 30.3 Å². The van der Waals surface area contributed by atoms with Gasteiger partial charge >= 0.3 is 0 Å². The molecule has 0 spiro atoms. The summed E-state index contributed by atoms with van der Waals surface area (Å²) in [6.45, 7) is 2.30. The summed E-state index contributed by atoms with van der Waals surface area (Å²) < 4.78 is 0. The fourth-order valence-corrected chi connectivity index (χ4v) is 3.21. The molecular weight excluding hydrogens is 272 g/mol. The first-order valence-electron chi connectivity index (χ1n) is 7.79. The van der Waals surface area contributed by atoms with E-state index in [2.05, 4.69) is 34.5 Å². The first-order valence-corrected chi connectivity index (χ1v) is 7.79. The van der Waals surface area contributed by atoms with Crippen LogP contribution in [0, 0.1) is 0 Å². The number of para-hydroxylation sites is 1. The van der Waals surface area contributed by atoms with Gasteiger partial charge in [-0.05, 0) is 42.7 Å². The zero-order valence-corrected chi connectivity index (χ0v) is 12.4. The summed E-state index contributed by atoms with van der Waals surface area (Å²) in [5.74, 6) is -0.0233. The van der Waals surface area contributed by atoms with E-state index in [-0.39, 0.29) is 5.91 Å². The number of fused-ring (bicyclic) bond motifs is 1. The Balaban J connectivity index is 1.64. The van der Waals surface area contributed by atoms with E-state index in [0.29, 0.717) is 0 Å². The molecule has 0 bridgehead atoms. The number of carbonyl (C=O) groups is 1. The molecule has 2 heterocycles. The fourth-order valence-electron chi connectivity index (χ4n) is 3.21. The highest BCUT2D eigenvalue weighted by atomic mass is 16.2. The Morgan fingerprint density at radius 2 is 1.68 bits per heavy atom. The van der Waals surface area contributed by atoms with Crippen molar-refractivity contribution in [1.82, 2.24) is 0 Å². The number of carbonyl (C=O) groups excluding carboxylic acids is 1. The van der Waals surface area contributed by atoms with Crippen molar-refractivity contribution in [3.05, 3.63) is 59.7 Å². The summed E-state index contributed by atoms with van der Waals surface area (Å²) >= 11 is 0. The van der Waals surface area contributed by atoms with Crippen LogP contribution in [0.4, 0.5) is 11.4 Å². The average Bonchev–Trinajstić information content (AvgIpc) is 3.17. The summed E-state index contributed by atoms with van der Waals surface area (Å²) in [4.78, 5) is 14.5. The van der Waals surface area contributed by atoms with Crippen molar-refractivity contribution in [1.29, 1.82) is 0 Å². The quantitative estimate of drug-likeness (QED) is 0.854. The van der Waals surface area contributed by atoms with Gasteiger partial charge in [0.2, 0.25) is 0 Å². The van der Waals surface area contributed by atoms with E-state index in [1.807, 2.05) is 30.3 Å². The number of hydrogen-bond acceptors (Lipinski definition) is 2. The number of hydrogen-bond donors (Lipinski definition) is 1. The highest BCUT2D eigenvalue weighted by Crippen LogP contribution is 2.33. The first-order chi connectivity index (χ1) is 10.8. The molecule has 1 saturated heterocycles. The number of anilines is 2. The maximum atomic E-state index is 12.1. The zero-order chi connectivity index (χ0) is 14.9. The monoisotopic (exact) mass is 290 g/mol. The van der Waals surface area contributed by atoms with Gasteiger partial charge in [-0.3, -0.25) is 4.79 Å². The lowest BCUT2D eigenvalue weighted by molar-refractivity contribution is -0.110. The predicted molar refractivity (Wildman–Crippen MR) is 90.8 cm³/mol. The molecular formula is C19H18N2O.